The van der Waals surface area contributed by atoms with Gasteiger partial charge in [0.15, 0.2) is 11.5 Å². The van der Waals surface area contributed by atoms with Gasteiger partial charge in [0.25, 0.3) is 5.91 Å². The molecule has 1 aromatic carbocycles. The van der Waals surface area contributed by atoms with Crippen LogP contribution in [0.4, 0.5) is 0 Å². The number of piperidine rings is 1. The maximum absolute atomic E-state index is 12.6. The second-order valence-electron chi connectivity index (χ2n) is 5.14. The molecule has 2 rings (SSSR count). The number of methoxy groups -OCH3 is 2. The minimum absolute atomic E-state index is 0.0390. The highest BCUT2D eigenvalue weighted by atomic mass is 16.5. The topological polar surface area (TPSA) is 55.8 Å². The van der Waals surface area contributed by atoms with E-state index < -0.39 is 0 Å². The lowest BCUT2D eigenvalue weighted by atomic mass is 9.93. The van der Waals surface area contributed by atoms with Gasteiger partial charge < -0.3 is 14.4 Å². The molecule has 0 spiro atoms. The van der Waals surface area contributed by atoms with Crippen molar-refractivity contribution in [2.45, 2.75) is 19.8 Å². The summed E-state index contributed by atoms with van der Waals surface area (Å²) in [7, 11) is 3.10. The standard InChI is InChI=1S/C16H21NO4/c1-4-11-10-17(8-7-13(11)18)16(19)12-5-6-14(20-2)15(9-12)21-3/h5-6,9,11H,4,7-8,10H2,1-3H3. The molecule has 1 heterocycles. The lowest BCUT2D eigenvalue weighted by molar-refractivity contribution is -0.125. The van der Waals surface area contributed by atoms with Gasteiger partial charge in [0, 0.05) is 31.0 Å². The van der Waals surface area contributed by atoms with Crippen molar-refractivity contribution in [2.75, 3.05) is 27.3 Å². The molecule has 1 aromatic rings. The Balaban J connectivity index is 2.18. The van der Waals surface area contributed by atoms with Crippen LogP contribution in [-0.4, -0.2) is 43.9 Å². The van der Waals surface area contributed by atoms with Gasteiger partial charge in [-0.1, -0.05) is 6.92 Å². The molecule has 0 aromatic heterocycles. The van der Waals surface area contributed by atoms with Gasteiger partial charge in [-0.2, -0.15) is 0 Å². The largest absolute Gasteiger partial charge is 0.493 e. The first-order valence-electron chi connectivity index (χ1n) is 7.14. The van der Waals surface area contributed by atoms with E-state index in [9.17, 15) is 9.59 Å². The molecule has 1 aliphatic heterocycles. The first-order valence-corrected chi connectivity index (χ1v) is 7.14. The van der Waals surface area contributed by atoms with Gasteiger partial charge in [-0.3, -0.25) is 9.59 Å². The van der Waals surface area contributed by atoms with Crippen molar-refractivity contribution in [3.05, 3.63) is 23.8 Å². The average Bonchev–Trinajstić information content (AvgIpc) is 2.53. The Hall–Kier alpha value is -2.04. The van der Waals surface area contributed by atoms with Crippen LogP contribution in [0, 0.1) is 5.92 Å². The predicted molar refractivity (Wildman–Crippen MR) is 78.9 cm³/mol. The summed E-state index contributed by atoms with van der Waals surface area (Å²) in [6.45, 7) is 2.97. The summed E-state index contributed by atoms with van der Waals surface area (Å²) in [6.07, 6.45) is 1.21. The van der Waals surface area contributed by atoms with Crippen molar-refractivity contribution in [1.82, 2.24) is 4.90 Å². The zero-order valence-corrected chi connectivity index (χ0v) is 12.7. The number of nitrogens with zero attached hydrogens (tertiary/aromatic N) is 1. The van der Waals surface area contributed by atoms with Gasteiger partial charge in [0.2, 0.25) is 0 Å². The number of likely N-dealkylation sites (tertiary alicyclic amines) is 1. The Bertz CT molecular complexity index is 541. The van der Waals surface area contributed by atoms with E-state index >= 15 is 0 Å². The van der Waals surface area contributed by atoms with Crippen molar-refractivity contribution in [3.63, 3.8) is 0 Å². The third-order valence-electron chi connectivity index (χ3n) is 3.93. The van der Waals surface area contributed by atoms with Gasteiger partial charge in [-0.05, 0) is 24.6 Å². The van der Waals surface area contributed by atoms with Crippen LogP contribution in [0.2, 0.25) is 0 Å². The number of amides is 1. The molecule has 0 bridgehead atoms. The fourth-order valence-corrected chi connectivity index (χ4v) is 2.60. The molecule has 1 saturated heterocycles. The number of hydrogen-bond acceptors (Lipinski definition) is 4. The maximum atomic E-state index is 12.6. The van der Waals surface area contributed by atoms with Crippen LogP contribution >= 0.6 is 0 Å². The first kappa shape index (κ1) is 15.4. The zero-order valence-electron chi connectivity index (χ0n) is 12.7. The second kappa shape index (κ2) is 6.61. The molecule has 1 atom stereocenters. The lowest BCUT2D eigenvalue weighted by Gasteiger charge is -2.31. The second-order valence-corrected chi connectivity index (χ2v) is 5.14. The molecule has 21 heavy (non-hydrogen) atoms. The molecule has 0 N–H and O–H groups in total. The third-order valence-corrected chi connectivity index (χ3v) is 3.93. The van der Waals surface area contributed by atoms with Crippen LogP contribution in [0.25, 0.3) is 0 Å². The van der Waals surface area contributed by atoms with E-state index in [4.69, 9.17) is 9.47 Å². The Labute approximate surface area is 124 Å². The Kier molecular flexibility index (Phi) is 4.83. The smallest absolute Gasteiger partial charge is 0.254 e. The number of carbonyl (C=O) groups is 2. The highest BCUT2D eigenvalue weighted by Crippen LogP contribution is 2.28. The molecule has 1 aliphatic rings. The molecular weight excluding hydrogens is 270 g/mol. The molecule has 1 unspecified atom stereocenters. The summed E-state index contributed by atoms with van der Waals surface area (Å²) >= 11 is 0. The summed E-state index contributed by atoms with van der Waals surface area (Å²) in [5, 5.41) is 0. The molecule has 5 nitrogen and oxygen atoms in total. The number of carbonyl (C=O) groups excluding carboxylic acids is 2. The fraction of sp³-hybridized carbons (Fsp3) is 0.500. The van der Waals surface area contributed by atoms with Crippen LogP contribution in [-0.2, 0) is 4.79 Å². The number of ether oxygens (including phenoxy) is 2. The monoisotopic (exact) mass is 291 g/mol. The Morgan fingerprint density at radius 3 is 2.62 bits per heavy atom. The Morgan fingerprint density at radius 1 is 1.29 bits per heavy atom. The van der Waals surface area contributed by atoms with Crippen molar-refractivity contribution < 1.29 is 19.1 Å². The van der Waals surface area contributed by atoms with E-state index in [1.165, 1.54) is 0 Å². The van der Waals surface area contributed by atoms with Crippen LogP contribution < -0.4 is 9.47 Å². The average molecular weight is 291 g/mol. The third kappa shape index (κ3) is 3.17. The first-order chi connectivity index (χ1) is 10.1. The van der Waals surface area contributed by atoms with Crippen LogP contribution in [0.1, 0.15) is 30.1 Å². The van der Waals surface area contributed by atoms with Crippen molar-refractivity contribution in [2.24, 2.45) is 5.92 Å². The van der Waals surface area contributed by atoms with E-state index in [0.29, 0.717) is 36.6 Å². The van der Waals surface area contributed by atoms with Gasteiger partial charge in [-0.15, -0.1) is 0 Å². The molecule has 1 fully saturated rings. The van der Waals surface area contributed by atoms with Crippen LogP contribution in [0.15, 0.2) is 18.2 Å². The van der Waals surface area contributed by atoms with Crippen LogP contribution in [0.3, 0.4) is 0 Å². The van der Waals surface area contributed by atoms with E-state index in [0.717, 1.165) is 6.42 Å². The van der Waals surface area contributed by atoms with Crippen molar-refractivity contribution >= 4 is 11.7 Å². The van der Waals surface area contributed by atoms with Gasteiger partial charge in [-0.25, -0.2) is 0 Å². The molecule has 0 radical (unpaired) electrons. The molecular formula is C16H21NO4. The lowest BCUT2D eigenvalue weighted by Crippen LogP contribution is -2.43. The van der Waals surface area contributed by atoms with E-state index in [1.807, 2.05) is 6.92 Å². The number of hydrogen-bond donors (Lipinski definition) is 0. The normalized spacial score (nSPS) is 18.5. The summed E-state index contributed by atoms with van der Waals surface area (Å²) < 4.78 is 10.4. The number of Topliss-reactive ketones (excluding diaryl/α,β-unsaturated/α-hetero) is 1. The minimum Gasteiger partial charge on any atom is -0.493 e. The summed E-state index contributed by atoms with van der Waals surface area (Å²) in [5.74, 6) is 1.27. The highest BCUT2D eigenvalue weighted by Gasteiger charge is 2.29. The molecule has 5 heteroatoms. The number of benzene rings is 1. The minimum atomic E-state index is -0.0677. The summed E-state index contributed by atoms with van der Waals surface area (Å²) in [6, 6.07) is 5.12. The van der Waals surface area contributed by atoms with E-state index in [2.05, 4.69) is 0 Å². The zero-order chi connectivity index (χ0) is 15.4. The van der Waals surface area contributed by atoms with Crippen molar-refractivity contribution in [3.8, 4) is 11.5 Å². The van der Waals surface area contributed by atoms with Gasteiger partial charge in [0.1, 0.15) is 5.78 Å². The summed E-state index contributed by atoms with van der Waals surface area (Å²) in [4.78, 5) is 26.0. The molecule has 1 amide bonds. The van der Waals surface area contributed by atoms with Gasteiger partial charge >= 0.3 is 0 Å². The number of rotatable bonds is 4. The fourth-order valence-electron chi connectivity index (χ4n) is 2.60. The maximum Gasteiger partial charge on any atom is 0.254 e. The molecule has 0 saturated carbocycles. The molecule has 114 valence electrons. The van der Waals surface area contributed by atoms with Crippen molar-refractivity contribution in [1.29, 1.82) is 0 Å². The van der Waals surface area contributed by atoms with E-state index in [-0.39, 0.29) is 17.6 Å². The predicted octanol–water partition coefficient (Wildman–Crippen LogP) is 2.15. The highest BCUT2D eigenvalue weighted by molar-refractivity contribution is 5.96. The summed E-state index contributed by atoms with van der Waals surface area (Å²) in [5.41, 5.74) is 0.553. The van der Waals surface area contributed by atoms with E-state index in [1.54, 1.807) is 37.3 Å². The quantitative estimate of drug-likeness (QED) is 0.853. The van der Waals surface area contributed by atoms with Crippen LogP contribution in [0.5, 0.6) is 11.5 Å². The molecule has 0 aliphatic carbocycles. The SMILES string of the molecule is CCC1CN(C(=O)c2ccc(OC)c(OC)c2)CCC1=O. The Morgan fingerprint density at radius 2 is 2.00 bits per heavy atom. The number of ketones is 1. The van der Waals surface area contributed by atoms with Gasteiger partial charge in [0.05, 0.1) is 14.2 Å².